The minimum Gasteiger partial charge on any atom is -0.354 e. The third-order valence-electron chi connectivity index (χ3n) is 2.29. The van der Waals surface area contributed by atoms with E-state index in [9.17, 15) is 9.59 Å². The second-order valence-electron chi connectivity index (χ2n) is 5.52. The summed E-state index contributed by atoms with van der Waals surface area (Å²) in [5.41, 5.74) is 0. The molecule has 0 fully saturated rings. The Balaban J connectivity index is 3.41. The van der Waals surface area contributed by atoms with E-state index in [1.165, 1.54) is 0 Å². The van der Waals surface area contributed by atoms with Crippen molar-refractivity contribution in [3.63, 3.8) is 0 Å². The Morgan fingerprint density at radius 3 is 2.05 bits per heavy atom. The number of carbonyl (C=O) groups is 2. The molecule has 0 aromatic rings. The first-order valence-corrected chi connectivity index (χ1v) is 8.18. The lowest BCUT2D eigenvalue weighted by molar-refractivity contribution is -0.123. The van der Waals surface area contributed by atoms with Gasteiger partial charge in [-0.25, -0.2) is 0 Å². The van der Waals surface area contributed by atoms with Crippen molar-refractivity contribution in [3.05, 3.63) is 0 Å². The van der Waals surface area contributed by atoms with E-state index in [-0.39, 0.29) is 11.8 Å². The molecule has 0 spiro atoms. The van der Waals surface area contributed by atoms with Gasteiger partial charge in [-0.05, 0) is 17.6 Å². The molecule has 0 bridgehead atoms. The number of hydrogen-bond acceptors (Lipinski definition) is 3. The van der Waals surface area contributed by atoms with Crippen molar-refractivity contribution in [2.24, 2.45) is 11.8 Å². The van der Waals surface area contributed by atoms with Gasteiger partial charge in [0.2, 0.25) is 11.8 Å². The molecule has 0 atom stereocenters. The maximum atomic E-state index is 11.5. The van der Waals surface area contributed by atoms with E-state index < -0.39 is 0 Å². The summed E-state index contributed by atoms with van der Waals surface area (Å²) in [6.45, 7) is 9.39. The molecule has 0 saturated heterocycles. The van der Waals surface area contributed by atoms with Gasteiger partial charge in [0.15, 0.2) is 0 Å². The second kappa shape index (κ2) is 11.1. The van der Waals surface area contributed by atoms with E-state index in [0.717, 1.165) is 11.5 Å². The number of carbonyl (C=O) groups excluding carboxylic acids is 2. The van der Waals surface area contributed by atoms with Crippen LogP contribution in [0.2, 0.25) is 0 Å². The number of amides is 2. The highest BCUT2D eigenvalue weighted by atomic mass is 32.2. The van der Waals surface area contributed by atoms with Crippen LogP contribution in [-0.2, 0) is 9.59 Å². The average molecular weight is 288 g/mol. The number of nitrogens with one attached hydrogen (secondary N) is 2. The molecule has 0 aromatic carbocycles. The summed E-state index contributed by atoms with van der Waals surface area (Å²) >= 11 is 1.81. The van der Waals surface area contributed by atoms with E-state index >= 15 is 0 Å². The predicted molar refractivity (Wildman–Crippen MR) is 82.3 cm³/mol. The zero-order valence-corrected chi connectivity index (χ0v) is 13.4. The first kappa shape index (κ1) is 18.3. The highest BCUT2D eigenvalue weighted by molar-refractivity contribution is 7.99. The molecule has 0 aromatic heterocycles. The Labute approximate surface area is 121 Å². The van der Waals surface area contributed by atoms with E-state index in [4.69, 9.17) is 0 Å². The van der Waals surface area contributed by atoms with Crippen molar-refractivity contribution < 1.29 is 9.59 Å². The van der Waals surface area contributed by atoms with Crippen molar-refractivity contribution in [2.45, 2.75) is 40.5 Å². The van der Waals surface area contributed by atoms with Crippen LogP contribution in [0, 0.1) is 11.8 Å². The van der Waals surface area contributed by atoms with Gasteiger partial charge in [-0.3, -0.25) is 9.59 Å². The molecule has 0 saturated carbocycles. The number of rotatable bonds is 10. The molecule has 2 amide bonds. The van der Waals surface area contributed by atoms with Gasteiger partial charge in [0.25, 0.3) is 0 Å². The summed E-state index contributed by atoms with van der Waals surface area (Å²) in [4.78, 5) is 22.8. The lowest BCUT2D eigenvalue weighted by Gasteiger charge is -2.08. The molecule has 0 unspecified atom stereocenters. The molecule has 0 rings (SSSR count). The van der Waals surface area contributed by atoms with Crippen LogP contribution in [0.3, 0.4) is 0 Å². The van der Waals surface area contributed by atoms with E-state index in [1.807, 2.05) is 25.6 Å². The van der Waals surface area contributed by atoms with E-state index in [1.54, 1.807) is 0 Å². The Hall–Kier alpha value is -0.710. The van der Waals surface area contributed by atoms with Crippen molar-refractivity contribution in [2.75, 3.05) is 24.6 Å². The van der Waals surface area contributed by atoms with Crippen LogP contribution in [0.25, 0.3) is 0 Å². The van der Waals surface area contributed by atoms with Crippen LogP contribution in [0.5, 0.6) is 0 Å². The monoisotopic (exact) mass is 288 g/mol. The molecule has 0 aliphatic rings. The first-order valence-electron chi connectivity index (χ1n) is 7.03. The van der Waals surface area contributed by atoms with E-state index in [2.05, 4.69) is 24.5 Å². The van der Waals surface area contributed by atoms with Gasteiger partial charge < -0.3 is 10.6 Å². The smallest absolute Gasteiger partial charge is 0.220 e. The maximum absolute atomic E-state index is 11.5. The molecular weight excluding hydrogens is 260 g/mol. The summed E-state index contributed by atoms with van der Waals surface area (Å²) in [6.07, 6.45) is 1.09. The van der Waals surface area contributed by atoms with Crippen LogP contribution in [0.4, 0.5) is 0 Å². The first-order chi connectivity index (χ1) is 8.91. The maximum Gasteiger partial charge on any atom is 0.220 e. The van der Waals surface area contributed by atoms with Gasteiger partial charge in [0.05, 0.1) is 0 Å². The third-order valence-corrected chi connectivity index (χ3v) is 3.68. The Bertz CT molecular complexity index is 268. The summed E-state index contributed by atoms with van der Waals surface area (Å²) in [5.74, 6) is 3.12. The topological polar surface area (TPSA) is 58.2 Å². The molecule has 2 N–H and O–H groups in total. The van der Waals surface area contributed by atoms with Crippen LogP contribution >= 0.6 is 11.8 Å². The van der Waals surface area contributed by atoms with Crippen LogP contribution < -0.4 is 10.6 Å². The Morgan fingerprint density at radius 1 is 0.947 bits per heavy atom. The Morgan fingerprint density at radius 2 is 1.53 bits per heavy atom. The fourth-order valence-corrected chi connectivity index (χ4v) is 2.39. The van der Waals surface area contributed by atoms with Crippen molar-refractivity contribution in [1.82, 2.24) is 10.6 Å². The molecule has 0 aliphatic carbocycles. The highest BCUT2D eigenvalue weighted by Gasteiger charge is 2.04. The number of hydrogen-bond donors (Lipinski definition) is 2. The van der Waals surface area contributed by atoms with Gasteiger partial charge in [0.1, 0.15) is 0 Å². The lowest BCUT2D eigenvalue weighted by atomic mass is 10.1. The largest absolute Gasteiger partial charge is 0.354 e. The molecule has 0 heterocycles. The minimum atomic E-state index is 0.0525. The van der Waals surface area contributed by atoms with Gasteiger partial charge in [-0.2, -0.15) is 11.8 Å². The van der Waals surface area contributed by atoms with Crippen molar-refractivity contribution in [3.8, 4) is 0 Å². The predicted octanol–water partition coefficient (Wildman–Crippen LogP) is 2.04. The zero-order valence-electron chi connectivity index (χ0n) is 12.6. The molecule has 19 heavy (non-hydrogen) atoms. The third kappa shape index (κ3) is 13.5. The van der Waals surface area contributed by atoms with Crippen LogP contribution in [0.1, 0.15) is 40.5 Å². The SMILES string of the molecule is CC(C)CSCCC(=O)NCCNC(=O)CC(C)C. The average Bonchev–Trinajstić information content (AvgIpc) is 2.29. The summed E-state index contributed by atoms with van der Waals surface area (Å²) in [5, 5.41) is 5.61. The highest BCUT2D eigenvalue weighted by Crippen LogP contribution is 2.08. The summed E-state index contributed by atoms with van der Waals surface area (Å²) in [6, 6.07) is 0. The molecule has 0 aliphatic heterocycles. The van der Waals surface area contributed by atoms with Gasteiger partial charge in [-0.1, -0.05) is 27.7 Å². The standard InChI is InChI=1S/C14H28N2O2S/c1-11(2)9-14(18)16-7-6-15-13(17)5-8-19-10-12(3)4/h11-12H,5-10H2,1-4H3,(H,15,17)(H,16,18). The van der Waals surface area contributed by atoms with Gasteiger partial charge >= 0.3 is 0 Å². The molecule has 4 nitrogen and oxygen atoms in total. The zero-order chi connectivity index (χ0) is 14.7. The summed E-state index contributed by atoms with van der Waals surface area (Å²) in [7, 11) is 0. The quantitative estimate of drug-likeness (QED) is 0.605. The molecule has 112 valence electrons. The Kier molecular flexibility index (Phi) is 10.7. The van der Waals surface area contributed by atoms with Crippen LogP contribution in [-0.4, -0.2) is 36.4 Å². The van der Waals surface area contributed by atoms with Crippen molar-refractivity contribution in [1.29, 1.82) is 0 Å². The summed E-state index contributed by atoms with van der Waals surface area (Å²) < 4.78 is 0. The molecule has 0 radical (unpaired) electrons. The molecular formula is C14H28N2O2S. The fraction of sp³-hybridized carbons (Fsp3) is 0.857. The normalized spacial score (nSPS) is 10.8. The fourth-order valence-electron chi connectivity index (χ4n) is 1.42. The van der Waals surface area contributed by atoms with Crippen LogP contribution in [0.15, 0.2) is 0 Å². The minimum absolute atomic E-state index is 0.0525. The van der Waals surface area contributed by atoms with Gasteiger partial charge in [0, 0.05) is 31.7 Å². The second-order valence-corrected chi connectivity index (χ2v) is 6.67. The lowest BCUT2D eigenvalue weighted by Crippen LogP contribution is -2.35. The van der Waals surface area contributed by atoms with Gasteiger partial charge in [-0.15, -0.1) is 0 Å². The number of thioether (sulfide) groups is 1. The van der Waals surface area contributed by atoms with E-state index in [0.29, 0.717) is 37.8 Å². The molecule has 5 heteroatoms. The van der Waals surface area contributed by atoms with Crippen molar-refractivity contribution >= 4 is 23.6 Å².